The van der Waals surface area contributed by atoms with Crippen molar-refractivity contribution in [3.8, 4) is 0 Å². The van der Waals surface area contributed by atoms with E-state index in [4.69, 9.17) is 0 Å². The Labute approximate surface area is 146 Å². The lowest BCUT2D eigenvalue weighted by Gasteiger charge is -2.41. The first-order valence-electron chi connectivity index (χ1n) is 8.87. The van der Waals surface area contributed by atoms with Crippen molar-refractivity contribution in [2.45, 2.75) is 64.6 Å². The van der Waals surface area contributed by atoms with Gasteiger partial charge >= 0.3 is 0 Å². The molecule has 1 aliphatic carbocycles. The van der Waals surface area contributed by atoms with Crippen LogP contribution in [0.25, 0.3) is 10.8 Å². The molecule has 1 fully saturated rings. The summed E-state index contributed by atoms with van der Waals surface area (Å²) in [6.07, 6.45) is 2.67. The van der Waals surface area contributed by atoms with Gasteiger partial charge in [0.1, 0.15) is 6.54 Å². The number of hydrogen-bond acceptors (Lipinski definition) is 4. The molecule has 1 saturated carbocycles. The number of benzene rings is 1. The molecule has 6 nitrogen and oxygen atoms in total. The lowest BCUT2D eigenvalue weighted by molar-refractivity contribution is -0.125. The van der Waals surface area contributed by atoms with E-state index in [-0.39, 0.29) is 24.1 Å². The van der Waals surface area contributed by atoms with Crippen molar-refractivity contribution >= 4 is 16.7 Å². The second-order valence-electron chi connectivity index (χ2n) is 7.17. The summed E-state index contributed by atoms with van der Waals surface area (Å²) in [6.45, 7) is 5.72. The molecule has 1 aromatic heterocycles. The quantitative estimate of drug-likeness (QED) is 0.863. The molecule has 0 unspecified atom stereocenters. The first kappa shape index (κ1) is 17.6. The van der Waals surface area contributed by atoms with Gasteiger partial charge in [-0.05, 0) is 50.3 Å². The molecule has 0 aliphatic heterocycles. The van der Waals surface area contributed by atoms with E-state index in [1.54, 1.807) is 6.92 Å². The van der Waals surface area contributed by atoms with Gasteiger partial charge in [0.25, 0.3) is 5.56 Å². The maximum Gasteiger partial charge on any atom is 0.275 e. The SMILES string of the molecule is CCc1ccc2c(=O)n(CC(=O)NC3CC(C)(O)C3)nc(CC)c2c1. The number of hydrogen-bond donors (Lipinski definition) is 2. The third-order valence-electron chi connectivity index (χ3n) is 4.88. The molecule has 0 atom stereocenters. The first-order chi connectivity index (χ1) is 11.8. The zero-order valence-electron chi connectivity index (χ0n) is 15.0. The number of rotatable bonds is 5. The van der Waals surface area contributed by atoms with E-state index in [9.17, 15) is 14.7 Å². The molecule has 2 N–H and O–H groups in total. The van der Waals surface area contributed by atoms with Crippen LogP contribution in [0.2, 0.25) is 0 Å². The number of nitrogens with zero attached hydrogens (tertiary/aromatic N) is 2. The number of nitrogens with one attached hydrogen (secondary N) is 1. The molecule has 2 aromatic rings. The normalized spacial score (nSPS) is 22.6. The monoisotopic (exact) mass is 343 g/mol. The van der Waals surface area contributed by atoms with Crippen LogP contribution in [-0.2, 0) is 24.2 Å². The number of fused-ring (bicyclic) bond motifs is 1. The predicted octanol–water partition coefficient (Wildman–Crippen LogP) is 1.55. The Morgan fingerprint density at radius 2 is 2.04 bits per heavy atom. The van der Waals surface area contributed by atoms with Gasteiger partial charge in [-0.2, -0.15) is 5.10 Å². The molecule has 3 rings (SSSR count). The largest absolute Gasteiger partial charge is 0.390 e. The molecule has 1 aromatic carbocycles. The van der Waals surface area contributed by atoms with Crippen molar-refractivity contribution in [3.63, 3.8) is 0 Å². The topological polar surface area (TPSA) is 84.2 Å². The first-order valence-corrected chi connectivity index (χ1v) is 8.87. The summed E-state index contributed by atoms with van der Waals surface area (Å²) in [5.74, 6) is -0.248. The molecular weight excluding hydrogens is 318 g/mol. The summed E-state index contributed by atoms with van der Waals surface area (Å²) in [6, 6.07) is 5.76. The van der Waals surface area contributed by atoms with Gasteiger partial charge in [0, 0.05) is 11.4 Å². The van der Waals surface area contributed by atoms with Crippen molar-refractivity contribution in [1.82, 2.24) is 15.1 Å². The fourth-order valence-corrected chi connectivity index (χ4v) is 3.50. The van der Waals surface area contributed by atoms with E-state index in [2.05, 4.69) is 17.3 Å². The lowest BCUT2D eigenvalue weighted by atomic mass is 9.77. The van der Waals surface area contributed by atoms with Crippen LogP contribution in [0, 0.1) is 0 Å². The average Bonchev–Trinajstić information content (AvgIpc) is 2.55. The van der Waals surface area contributed by atoms with Crippen LogP contribution < -0.4 is 10.9 Å². The Kier molecular flexibility index (Phi) is 4.64. The summed E-state index contributed by atoms with van der Waals surface area (Å²) in [7, 11) is 0. The molecule has 1 aliphatic rings. The summed E-state index contributed by atoms with van der Waals surface area (Å²) in [4.78, 5) is 24.9. The Bertz CT molecular complexity index is 862. The van der Waals surface area contributed by atoms with Gasteiger partial charge in [0.15, 0.2) is 0 Å². The van der Waals surface area contributed by atoms with E-state index >= 15 is 0 Å². The van der Waals surface area contributed by atoms with Crippen molar-refractivity contribution < 1.29 is 9.90 Å². The van der Waals surface area contributed by atoms with Crippen LogP contribution in [0.5, 0.6) is 0 Å². The highest BCUT2D eigenvalue weighted by Gasteiger charge is 2.39. The van der Waals surface area contributed by atoms with Crippen molar-refractivity contribution in [3.05, 3.63) is 39.8 Å². The van der Waals surface area contributed by atoms with E-state index in [0.29, 0.717) is 24.6 Å². The predicted molar refractivity (Wildman–Crippen MR) is 96.5 cm³/mol. The number of carbonyl (C=O) groups excluding carboxylic acids is 1. The maximum absolute atomic E-state index is 12.7. The minimum Gasteiger partial charge on any atom is -0.390 e. The standard InChI is InChI=1S/C19H25N3O3/c1-4-12-6-7-14-15(8-12)16(5-2)21-22(18(14)24)11-17(23)20-13-9-19(3,25)10-13/h6-8,13,25H,4-5,9-11H2,1-3H3,(H,20,23). The second-order valence-corrected chi connectivity index (χ2v) is 7.17. The van der Waals surface area contributed by atoms with Crippen molar-refractivity contribution in [2.75, 3.05) is 0 Å². The van der Waals surface area contributed by atoms with Crippen LogP contribution in [0.15, 0.2) is 23.0 Å². The molecule has 0 spiro atoms. The molecule has 25 heavy (non-hydrogen) atoms. The van der Waals surface area contributed by atoms with Gasteiger partial charge in [-0.1, -0.05) is 19.9 Å². The highest BCUT2D eigenvalue weighted by atomic mass is 16.3. The molecule has 0 radical (unpaired) electrons. The van der Waals surface area contributed by atoms with E-state index in [1.807, 2.05) is 25.1 Å². The molecule has 6 heteroatoms. The van der Waals surface area contributed by atoms with Gasteiger partial charge in [0.05, 0.1) is 16.7 Å². The summed E-state index contributed by atoms with van der Waals surface area (Å²) >= 11 is 0. The van der Waals surface area contributed by atoms with Gasteiger partial charge in [0.2, 0.25) is 5.91 Å². The average molecular weight is 343 g/mol. The highest BCUT2D eigenvalue weighted by Crippen LogP contribution is 2.31. The van der Waals surface area contributed by atoms with Gasteiger partial charge in [-0.15, -0.1) is 0 Å². The number of aliphatic hydroxyl groups is 1. The van der Waals surface area contributed by atoms with E-state index < -0.39 is 5.60 Å². The van der Waals surface area contributed by atoms with Crippen LogP contribution >= 0.6 is 0 Å². The maximum atomic E-state index is 12.7. The number of carbonyl (C=O) groups is 1. The van der Waals surface area contributed by atoms with Crippen molar-refractivity contribution in [1.29, 1.82) is 0 Å². The van der Waals surface area contributed by atoms with Crippen LogP contribution in [0.4, 0.5) is 0 Å². The Hall–Kier alpha value is -2.21. The number of aromatic nitrogens is 2. The third kappa shape index (κ3) is 3.58. The van der Waals surface area contributed by atoms with Gasteiger partial charge in [-0.3, -0.25) is 9.59 Å². The summed E-state index contributed by atoms with van der Waals surface area (Å²) < 4.78 is 1.25. The molecule has 1 amide bonds. The highest BCUT2D eigenvalue weighted by molar-refractivity contribution is 5.84. The Morgan fingerprint density at radius 3 is 2.64 bits per heavy atom. The summed E-state index contributed by atoms with van der Waals surface area (Å²) in [5, 5.41) is 18.5. The van der Waals surface area contributed by atoms with E-state index in [0.717, 1.165) is 23.1 Å². The number of aryl methyl sites for hydroxylation is 2. The minimum atomic E-state index is -0.692. The van der Waals surface area contributed by atoms with E-state index in [1.165, 1.54) is 4.68 Å². The third-order valence-corrected chi connectivity index (χ3v) is 4.88. The van der Waals surface area contributed by atoms with Crippen LogP contribution in [0.3, 0.4) is 0 Å². The second kappa shape index (κ2) is 6.59. The molecule has 1 heterocycles. The molecule has 0 bridgehead atoms. The zero-order chi connectivity index (χ0) is 18.2. The van der Waals surface area contributed by atoms with Crippen LogP contribution in [-0.4, -0.2) is 32.4 Å². The van der Waals surface area contributed by atoms with Gasteiger partial charge < -0.3 is 10.4 Å². The fourth-order valence-electron chi connectivity index (χ4n) is 3.50. The molecule has 0 saturated heterocycles. The Balaban J connectivity index is 1.85. The molecule has 134 valence electrons. The Morgan fingerprint density at radius 1 is 1.32 bits per heavy atom. The van der Waals surface area contributed by atoms with Crippen LogP contribution in [0.1, 0.15) is 44.9 Å². The van der Waals surface area contributed by atoms with Crippen molar-refractivity contribution in [2.24, 2.45) is 0 Å². The molecular formula is C19H25N3O3. The fraction of sp³-hybridized carbons (Fsp3) is 0.526. The lowest BCUT2D eigenvalue weighted by Crippen LogP contribution is -2.54. The zero-order valence-corrected chi connectivity index (χ0v) is 15.0. The van der Waals surface area contributed by atoms with Gasteiger partial charge in [-0.25, -0.2) is 4.68 Å². The number of amides is 1. The summed E-state index contributed by atoms with van der Waals surface area (Å²) in [5.41, 5.74) is 1.05. The smallest absolute Gasteiger partial charge is 0.275 e. The minimum absolute atomic E-state index is 0.0311.